The lowest BCUT2D eigenvalue weighted by Crippen LogP contribution is -2.46. The van der Waals surface area contributed by atoms with Crippen LogP contribution in [0, 0.1) is 5.92 Å². The molecule has 3 heterocycles. The number of piperazine rings is 1. The van der Waals surface area contributed by atoms with Crippen LogP contribution < -0.4 is 10.6 Å². The maximum absolute atomic E-state index is 14.3. The quantitative estimate of drug-likeness (QED) is 0.361. The molecule has 36 heavy (non-hydrogen) atoms. The van der Waals surface area contributed by atoms with Crippen molar-refractivity contribution in [3.8, 4) is 0 Å². The first-order valence-corrected chi connectivity index (χ1v) is 12.7. The van der Waals surface area contributed by atoms with E-state index in [1.165, 1.54) is 4.90 Å². The number of anilines is 1. The summed E-state index contributed by atoms with van der Waals surface area (Å²) in [6.07, 6.45) is 3.11. The standard InChI is InChI=1S/C25H33N7O4/c1-30-8-10-31(11-9-30)16-6-7-17(24(26)34)18(12-16)21(15-4-2-3-5-15)25(35)32-13-19(28-29-27)23-22(32)20(33)14-36-23/h6-7,12,15,19,21-23H,2-5,8-11,13-14H2,1H3,(H2,26,34)/t19-,21+,22-,23-/m1/s1. The average molecular weight is 496 g/mol. The molecule has 5 rings (SSSR count). The van der Waals surface area contributed by atoms with Crippen LogP contribution in [0.15, 0.2) is 23.3 Å². The lowest BCUT2D eigenvalue weighted by molar-refractivity contribution is -0.138. The lowest BCUT2D eigenvalue weighted by atomic mass is 9.80. The normalized spacial score (nSPS) is 27.7. The summed E-state index contributed by atoms with van der Waals surface area (Å²) in [5.74, 6) is -1.55. The third-order valence-corrected chi connectivity index (χ3v) is 8.28. The van der Waals surface area contributed by atoms with Crippen LogP contribution in [0.5, 0.6) is 0 Å². The zero-order valence-corrected chi connectivity index (χ0v) is 20.6. The molecule has 192 valence electrons. The number of hydrogen-bond acceptors (Lipinski definition) is 7. The van der Waals surface area contributed by atoms with Crippen molar-refractivity contribution >= 4 is 23.3 Å². The smallest absolute Gasteiger partial charge is 0.249 e. The maximum Gasteiger partial charge on any atom is 0.249 e. The van der Waals surface area contributed by atoms with Crippen molar-refractivity contribution in [1.29, 1.82) is 0 Å². The summed E-state index contributed by atoms with van der Waals surface area (Å²) in [6, 6.07) is 4.21. The Kier molecular flexibility index (Phi) is 6.87. The van der Waals surface area contributed by atoms with Crippen molar-refractivity contribution in [2.45, 2.75) is 49.8 Å². The van der Waals surface area contributed by atoms with Crippen molar-refractivity contribution in [3.05, 3.63) is 39.8 Å². The third-order valence-electron chi connectivity index (χ3n) is 8.28. The highest BCUT2D eigenvalue weighted by Crippen LogP contribution is 2.43. The highest BCUT2D eigenvalue weighted by atomic mass is 16.5. The molecule has 4 atom stereocenters. The Morgan fingerprint density at radius 2 is 1.92 bits per heavy atom. The first-order valence-electron chi connectivity index (χ1n) is 12.7. The summed E-state index contributed by atoms with van der Waals surface area (Å²) in [6.45, 7) is 3.58. The van der Waals surface area contributed by atoms with E-state index in [0.29, 0.717) is 11.1 Å². The van der Waals surface area contributed by atoms with Gasteiger partial charge in [0.15, 0.2) is 5.78 Å². The van der Waals surface area contributed by atoms with Crippen molar-refractivity contribution < 1.29 is 19.1 Å². The Bertz CT molecular complexity index is 1090. The molecule has 0 spiro atoms. The van der Waals surface area contributed by atoms with Crippen LogP contribution in [0.1, 0.15) is 47.5 Å². The molecule has 3 saturated heterocycles. The number of fused-ring (bicyclic) bond motifs is 1. The van der Waals surface area contributed by atoms with Crippen LogP contribution in [0.25, 0.3) is 10.4 Å². The van der Waals surface area contributed by atoms with Crippen molar-refractivity contribution in [2.24, 2.45) is 16.8 Å². The van der Waals surface area contributed by atoms with E-state index in [9.17, 15) is 14.4 Å². The summed E-state index contributed by atoms with van der Waals surface area (Å²) in [5, 5.41) is 3.81. The van der Waals surface area contributed by atoms with Gasteiger partial charge in [0, 0.05) is 48.9 Å². The van der Waals surface area contributed by atoms with E-state index in [1.54, 1.807) is 6.07 Å². The number of likely N-dealkylation sites (tertiary alicyclic amines) is 1. The van der Waals surface area contributed by atoms with E-state index >= 15 is 0 Å². The molecule has 3 aliphatic heterocycles. The molecule has 0 unspecified atom stereocenters. The lowest BCUT2D eigenvalue weighted by Gasteiger charge is -2.35. The first-order chi connectivity index (χ1) is 17.4. The third kappa shape index (κ3) is 4.42. The minimum atomic E-state index is -0.769. The number of carbonyl (C=O) groups is 3. The molecule has 2 N–H and O–H groups in total. The minimum absolute atomic E-state index is 0.0349. The molecule has 4 fully saturated rings. The minimum Gasteiger partial charge on any atom is -0.369 e. The van der Waals surface area contributed by atoms with Gasteiger partial charge in [-0.2, -0.15) is 0 Å². The maximum atomic E-state index is 14.3. The van der Waals surface area contributed by atoms with Gasteiger partial charge < -0.3 is 25.2 Å². The molecular formula is C25H33N7O4. The van der Waals surface area contributed by atoms with E-state index in [0.717, 1.165) is 57.5 Å². The fraction of sp³-hybridized carbons (Fsp3) is 0.640. The van der Waals surface area contributed by atoms with Gasteiger partial charge >= 0.3 is 0 Å². The average Bonchev–Trinajstić information content (AvgIpc) is 3.60. The number of ketones is 1. The van der Waals surface area contributed by atoms with Crippen LogP contribution in [-0.4, -0.2) is 92.0 Å². The number of azide groups is 1. The van der Waals surface area contributed by atoms with Crippen molar-refractivity contribution in [1.82, 2.24) is 9.80 Å². The zero-order chi connectivity index (χ0) is 25.4. The number of carbonyl (C=O) groups excluding carboxylic acids is 3. The number of amides is 2. The predicted molar refractivity (Wildman–Crippen MR) is 133 cm³/mol. The Hall–Kier alpha value is -3.14. The number of benzene rings is 1. The Labute approximate surface area is 210 Å². The number of rotatable bonds is 6. The summed E-state index contributed by atoms with van der Waals surface area (Å²) < 4.78 is 5.62. The highest BCUT2D eigenvalue weighted by Gasteiger charge is 2.53. The van der Waals surface area contributed by atoms with Gasteiger partial charge in [0.2, 0.25) is 11.8 Å². The molecule has 0 radical (unpaired) electrons. The van der Waals surface area contributed by atoms with Crippen LogP contribution in [-0.2, 0) is 14.3 Å². The molecule has 1 saturated carbocycles. The van der Waals surface area contributed by atoms with Gasteiger partial charge in [0.25, 0.3) is 0 Å². The largest absolute Gasteiger partial charge is 0.369 e. The van der Waals surface area contributed by atoms with E-state index in [4.69, 9.17) is 16.0 Å². The zero-order valence-electron chi connectivity index (χ0n) is 20.6. The van der Waals surface area contributed by atoms with E-state index in [-0.39, 0.29) is 30.8 Å². The fourth-order valence-electron chi connectivity index (χ4n) is 6.38. The number of hydrogen-bond donors (Lipinski definition) is 1. The molecule has 0 bridgehead atoms. The number of nitrogens with two attached hydrogens (primary N) is 1. The summed E-state index contributed by atoms with van der Waals surface area (Å²) in [5.41, 5.74) is 16.8. The van der Waals surface area contributed by atoms with E-state index in [1.807, 2.05) is 12.1 Å². The van der Waals surface area contributed by atoms with Gasteiger partial charge in [0.05, 0.1) is 18.1 Å². The van der Waals surface area contributed by atoms with Crippen LogP contribution >= 0.6 is 0 Å². The number of likely N-dealkylation sites (N-methyl/N-ethyl adjacent to an activating group) is 1. The van der Waals surface area contributed by atoms with Crippen molar-refractivity contribution in [2.75, 3.05) is 51.3 Å². The SMILES string of the molecule is CN1CCN(c2ccc(C(N)=O)c([C@@H](C(=O)N3C[C@@H](N=[N+]=[N-])[C@H]4OCC(=O)[C@H]43)C3CCCC3)c2)CC1. The van der Waals surface area contributed by atoms with Gasteiger partial charge in [0.1, 0.15) is 12.6 Å². The second kappa shape index (κ2) is 10.1. The molecule has 1 aromatic carbocycles. The van der Waals surface area contributed by atoms with Gasteiger partial charge in [-0.25, -0.2) is 0 Å². The number of Topliss-reactive ketones (excluding diaryl/α,β-unsaturated/α-hetero) is 1. The van der Waals surface area contributed by atoms with Gasteiger partial charge in [-0.05, 0) is 55.1 Å². The summed E-state index contributed by atoms with van der Waals surface area (Å²) >= 11 is 0. The van der Waals surface area contributed by atoms with Crippen LogP contribution in [0.3, 0.4) is 0 Å². The molecule has 1 aliphatic carbocycles. The van der Waals surface area contributed by atoms with Crippen LogP contribution in [0.4, 0.5) is 5.69 Å². The van der Waals surface area contributed by atoms with E-state index < -0.39 is 30.0 Å². The van der Waals surface area contributed by atoms with Crippen molar-refractivity contribution in [3.63, 3.8) is 0 Å². The molecule has 4 aliphatic rings. The second-order valence-corrected chi connectivity index (χ2v) is 10.4. The molecule has 11 heteroatoms. The number of primary amides is 1. The molecule has 1 aromatic rings. The van der Waals surface area contributed by atoms with Gasteiger partial charge in [-0.1, -0.05) is 18.0 Å². The number of nitrogens with zero attached hydrogens (tertiary/aromatic N) is 6. The molecular weight excluding hydrogens is 462 g/mol. The van der Waals surface area contributed by atoms with E-state index in [2.05, 4.69) is 26.9 Å². The summed E-state index contributed by atoms with van der Waals surface area (Å²) in [4.78, 5) is 48.5. The fourth-order valence-corrected chi connectivity index (χ4v) is 6.38. The van der Waals surface area contributed by atoms with Gasteiger partial charge in [-0.15, -0.1) is 0 Å². The number of ether oxygens (including phenoxy) is 1. The Morgan fingerprint density at radius 3 is 2.58 bits per heavy atom. The predicted octanol–water partition coefficient (Wildman–Crippen LogP) is 1.67. The molecule has 2 amide bonds. The second-order valence-electron chi connectivity index (χ2n) is 10.4. The first kappa shape index (κ1) is 24.5. The monoisotopic (exact) mass is 495 g/mol. The Morgan fingerprint density at radius 1 is 1.19 bits per heavy atom. The molecule has 11 nitrogen and oxygen atoms in total. The molecule has 0 aromatic heterocycles. The summed E-state index contributed by atoms with van der Waals surface area (Å²) in [7, 11) is 2.09. The van der Waals surface area contributed by atoms with Crippen LogP contribution in [0.2, 0.25) is 0 Å². The topological polar surface area (TPSA) is 145 Å². The Balaban J connectivity index is 1.54. The highest BCUT2D eigenvalue weighted by molar-refractivity contribution is 5.99. The van der Waals surface area contributed by atoms with Gasteiger partial charge in [-0.3, -0.25) is 14.4 Å².